The summed E-state index contributed by atoms with van der Waals surface area (Å²) in [5.41, 5.74) is 2.84. The number of ether oxygens (including phenoxy) is 1. The maximum absolute atomic E-state index is 12.4. The molecule has 1 N–H and O–H groups in total. The SMILES string of the molecule is O=C(COc1ccc(C(=O)/C=C/c2ccc(Br)cc2)cc1)NC1CCN(Cc2ccccc2)CC1. The van der Waals surface area contributed by atoms with Crippen molar-refractivity contribution in [1.29, 1.82) is 0 Å². The highest BCUT2D eigenvalue weighted by molar-refractivity contribution is 9.10. The van der Waals surface area contributed by atoms with Gasteiger partial charge in [-0.15, -0.1) is 0 Å². The topological polar surface area (TPSA) is 58.6 Å². The average molecular weight is 533 g/mol. The van der Waals surface area contributed by atoms with Gasteiger partial charge in [0.05, 0.1) is 0 Å². The number of likely N-dealkylation sites (tertiary alicyclic amines) is 1. The number of hydrogen-bond donors (Lipinski definition) is 1. The van der Waals surface area contributed by atoms with Crippen LogP contribution in [0.3, 0.4) is 0 Å². The Morgan fingerprint density at radius 1 is 0.943 bits per heavy atom. The van der Waals surface area contributed by atoms with Gasteiger partial charge in [-0.25, -0.2) is 0 Å². The summed E-state index contributed by atoms with van der Waals surface area (Å²) in [4.78, 5) is 27.2. The van der Waals surface area contributed by atoms with Crippen LogP contribution in [0.1, 0.15) is 34.3 Å². The van der Waals surface area contributed by atoms with E-state index in [1.165, 1.54) is 5.56 Å². The molecule has 0 unspecified atom stereocenters. The Labute approximate surface area is 214 Å². The van der Waals surface area contributed by atoms with Crippen molar-refractivity contribution >= 4 is 33.7 Å². The van der Waals surface area contributed by atoms with Gasteiger partial charge in [-0.2, -0.15) is 0 Å². The Morgan fingerprint density at radius 2 is 1.63 bits per heavy atom. The van der Waals surface area contributed by atoms with Crippen molar-refractivity contribution in [2.75, 3.05) is 19.7 Å². The number of piperidine rings is 1. The Balaban J connectivity index is 1.17. The third-order valence-corrected chi connectivity index (χ3v) is 6.54. The van der Waals surface area contributed by atoms with E-state index in [9.17, 15) is 9.59 Å². The number of benzene rings is 3. The fourth-order valence-corrected chi connectivity index (χ4v) is 4.32. The second kappa shape index (κ2) is 12.5. The van der Waals surface area contributed by atoms with Gasteiger partial charge in [0.15, 0.2) is 12.4 Å². The minimum atomic E-state index is -0.121. The van der Waals surface area contributed by atoms with Crippen LogP contribution in [0.2, 0.25) is 0 Å². The van der Waals surface area contributed by atoms with E-state index in [0.29, 0.717) is 11.3 Å². The molecule has 1 aliphatic heterocycles. The molecule has 1 heterocycles. The maximum atomic E-state index is 12.4. The molecule has 0 radical (unpaired) electrons. The van der Waals surface area contributed by atoms with Crippen LogP contribution in [0.15, 0.2) is 89.4 Å². The van der Waals surface area contributed by atoms with E-state index < -0.39 is 0 Å². The van der Waals surface area contributed by atoms with E-state index in [1.54, 1.807) is 36.4 Å². The Kier molecular flexibility index (Phi) is 8.87. The van der Waals surface area contributed by atoms with Crippen molar-refractivity contribution < 1.29 is 14.3 Å². The molecule has 1 saturated heterocycles. The van der Waals surface area contributed by atoms with Crippen molar-refractivity contribution in [3.05, 3.63) is 106 Å². The van der Waals surface area contributed by atoms with Crippen molar-refractivity contribution in [3.63, 3.8) is 0 Å². The van der Waals surface area contributed by atoms with Crippen LogP contribution in [-0.2, 0) is 11.3 Å². The van der Waals surface area contributed by atoms with Crippen LogP contribution < -0.4 is 10.1 Å². The first-order chi connectivity index (χ1) is 17.0. The van der Waals surface area contributed by atoms with Crippen molar-refractivity contribution in [1.82, 2.24) is 10.2 Å². The average Bonchev–Trinajstić information content (AvgIpc) is 2.89. The standard InChI is InChI=1S/C29H29BrN2O3/c30-25-11-6-22(7-12-25)8-15-28(33)24-9-13-27(14-10-24)35-21-29(34)31-26-16-18-32(19-17-26)20-23-4-2-1-3-5-23/h1-15,26H,16-21H2,(H,31,34)/b15-8+. The minimum absolute atomic E-state index is 0.0407. The third-order valence-electron chi connectivity index (χ3n) is 6.01. The quantitative estimate of drug-likeness (QED) is 0.291. The highest BCUT2D eigenvalue weighted by atomic mass is 79.9. The number of carbonyl (C=O) groups excluding carboxylic acids is 2. The summed E-state index contributed by atoms with van der Waals surface area (Å²) in [7, 11) is 0. The Morgan fingerprint density at radius 3 is 2.31 bits per heavy atom. The lowest BCUT2D eigenvalue weighted by Crippen LogP contribution is -2.45. The molecule has 3 aromatic carbocycles. The summed E-state index contributed by atoms with van der Waals surface area (Å²) < 4.78 is 6.62. The number of nitrogens with zero attached hydrogens (tertiary/aromatic N) is 1. The first-order valence-electron chi connectivity index (χ1n) is 11.8. The molecule has 0 saturated carbocycles. The molecule has 1 aliphatic rings. The number of amides is 1. The molecule has 0 bridgehead atoms. The highest BCUT2D eigenvalue weighted by Gasteiger charge is 2.20. The van der Waals surface area contributed by atoms with Gasteiger partial charge >= 0.3 is 0 Å². The normalized spacial score (nSPS) is 14.7. The van der Waals surface area contributed by atoms with Crippen molar-refractivity contribution in [2.45, 2.75) is 25.4 Å². The van der Waals surface area contributed by atoms with Gasteiger partial charge in [0, 0.05) is 35.7 Å². The zero-order valence-corrected chi connectivity index (χ0v) is 21.1. The smallest absolute Gasteiger partial charge is 0.258 e. The number of carbonyl (C=O) groups is 2. The lowest BCUT2D eigenvalue weighted by molar-refractivity contribution is -0.124. The van der Waals surface area contributed by atoms with Gasteiger partial charge in [-0.3, -0.25) is 14.5 Å². The maximum Gasteiger partial charge on any atom is 0.258 e. The first kappa shape index (κ1) is 24.9. The molecule has 0 spiro atoms. The number of ketones is 1. The molecule has 0 aliphatic carbocycles. The van der Waals surface area contributed by atoms with E-state index in [4.69, 9.17) is 4.74 Å². The number of hydrogen-bond acceptors (Lipinski definition) is 4. The molecular formula is C29H29BrN2O3. The number of allylic oxidation sites excluding steroid dienone is 1. The van der Waals surface area contributed by atoms with Gasteiger partial charge < -0.3 is 10.1 Å². The van der Waals surface area contributed by atoms with E-state index in [0.717, 1.165) is 42.5 Å². The van der Waals surface area contributed by atoms with Crippen LogP contribution >= 0.6 is 15.9 Å². The zero-order valence-electron chi connectivity index (χ0n) is 19.5. The van der Waals surface area contributed by atoms with Crippen LogP contribution in [0.25, 0.3) is 6.08 Å². The lowest BCUT2D eigenvalue weighted by Gasteiger charge is -2.32. The van der Waals surface area contributed by atoms with Crippen LogP contribution in [0, 0.1) is 0 Å². The zero-order chi connectivity index (χ0) is 24.5. The predicted molar refractivity (Wildman–Crippen MR) is 142 cm³/mol. The second-order valence-electron chi connectivity index (χ2n) is 8.67. The van der Waals surface area contributed by atoms with Gasteiger partial charge in [-0.05, 0) is 66.4 Å². The van der Waals surface area contributed by atoms with Crippen LogP contribution in [-0.4, -0.2) is 42.3 Å². The van der Waals surface area contributed by atoms with Gasteiger partial charge in [0.25, 0.3) is 5.91 Å². The van der Waals surface area contributed by atoms with E-state index in [-0.39, 0.29) is 24.3 Å². The first-order valence-corrected chi connectivity index (χ1v) is 12.6. The third kappa shape index (κ3) is 7.91. The molecule has 3 aromatic rings. The van der Waals surface area contributed by atoms with E-state index in [2.05, 4.69) is 50.4 Å². The molecule has 1 fully saturated rings. The summed E-state index contributed by atoms with van der Waals surface area (Å²) in [6.07, 6.45) is 5.21. The molecule has 0 aromatic heterocycles. The van der Waals surface area contributed by atoms with Crippen molar-refractivity contribution in [2.24, 2.45) is 0 Å². The van der Waals surface area contributed by atoms with Gasteiger partial charge in [0.2, 0.25) is 0 Å². The van der Waals surface area contributed by atoms with E-state index >= 15 is 0 Å². The van der Waals surface area contributed by atoms with E-state index in [1.807, 2.05) is 30.3 Å². The minimum Gasteiger partial charge on any atom is -0.484 e. The summed E-state index contributed by atoms with van der Waals surface area (Å²) in [5, 5.41) is 3.08. The predicted octanol–water partition coefficient (Wildman–Crippen LogP) is 5.50. The summed E-state index contributed by atoms with van der Waals surface area (Å²) in [5.74, 6) is 0.353. The lowest BCUT2D eigenvalue weighted by atomic mass is 10.0. The number of rotatable bonds is 9. The van der Waals surface area contributed by atoms with Gasteiger partial charge in [-0.1, -0.05) is 64.5 Å². The van der Waals surface area contributed by atoms with Crippen LogP contribution in [0.5, 0.6) is 5.75 Å². The number of halogens is 1. The molecular weight excluding hydrogens is 504 g/mol. The van der Waals surface area contributed by atoms with Crippen LogP contribution in [0.4, 0.5) is 0 Å². The molecule has 0 atom stereocenters. The monoisotopic (exact) mass is 532 g/mol. The molecule has 180 valence electrons. The molecule has 4 rings (SSSR count). The molecule has 35 heavy (non-hydrogen) atoms. The highest BCUT2D eigenvalue weighted by Crippen LogP contribution is 2.16. The summed E-state index contributed by atoms with van der Waals surface area (Å²) in [6, 6.07) is 25.2. The molecule has 5 nitrogen and oxygen atoms in total. The second-order valence-corrected chi connectivity index (χ2v) is 9.58. The Bertz CT molecular complexity index is 1140. The van der Waals surface area contributed by atoms with Crippen molar-refractivity contribution in [3.8, 4) is 5.75 Å². The molecule has 1 amide bonds. The summed E-state index contributed by atoms with van der Waals surface area (Å²) in [6.45, 7) is 2.84. The largest absolute Gasteiger partial charge is 0.484 e. The fraction of sp³-hybridized carbons (Fsp3) is 0.241. The summed E-state index contributed by atoms with van der Waals surface area (Å²) >= 11 is 3.40. The Hall–Kier alpha value is -3.22. The number of nitrogens with one attached hydrogen (secondary N) is 1. The van der Waals surface area contributed by atoms with Gasteiger partial charge in [0.1, 0.15) is 5.75 Å². The molecule has 6 heteroatoms. The fourth-order valence-electron chi connectivity index (χ4n) is 4.05.